The standard InChI is InChI=1S/C21H23N7O2/c1-2-24-20(29)17-12-28-18(25-17)11-16(14-4-3-5-15(22)10-14)26-19(28)13-6-8-27(9-7-13)21(23)30/h3-6,10-12H,2,7-9,22H2,1H3,(H2,23,30)(H,24,29). The maximum Gasteiger partial charge on any atom is 0.315 e. The van der Waals surface area contributed by atoms with E-state index in [0.29, 0.717) is 54.6 Å². The minimum absolute atomic E-state index is 0.241. The van der Waals surface area contributed by atoms with E-state index in [-0.39, 0.29) is 5.91 Å². The molecule has 0 aliphatic carbocycles. The number of fused-ring (bicyclic) bond motifs is 1. The Kier molecular flexibility index (Phi) is 5.09. The fourth-order valence-electron chi connectivity index (χ4n) is 3.49. The molecule has 1 aliphatic rings. The lowest BCUT2D eigenvalue weighted by Crippen LogP contribution is -2.38. The second kappa shape index (κ2) is 7.86. The van der Waals surface area contributed by atoms with Gasteiger partial charge in [0.2, 0.25) is 0 Å². The molecule has 9 heteroatoms. The highest BCUT2D eigenvalue weighted by molar-refractivity contribution is 5.93. The molecule has 3 amide bonds. The van der Waals surface area contributed by atoms with Crippen LogP contribution in [0, 0.1) is 0 Å². The Hall–Kier alpha value is -3.88. The zero-order valence-corrected chi connectivity index (χ0v) is 16.6. The molecule has 0 atom stereocenters. The lowest BCUT2D eigenvalue weighted by Gasteiger charge is -2.24. The number of nitrogens with zero attached hydrogens (tertiary/aromatic N) is 4. The van der Waals surface area contributed by atoms with Crippen molar-refractivity contribution in [2.45, 2.75) is 13.3 Å². The van der Waals surface area contributed by atoms with Crippen LogP contribution in [0.2, 0.25) is 0 Å². The molecule has 2 aromatic heterocycles. The Morgan fingerprint density at radius 2 is 2.07 bits per heavy atom. The number of urea groups is 1. The van der Waals surface area contributed by atoms with E-state index in [1.807, 2.05) is 47.7 Å². The van der Waals surface area contributed by atoms with Gasteiger partial charge in [-0.2, -0.15) is 0 Å². The largest absolute Gasteiger partial charge is 0.399 e. The summed E-state index contributed by atoms with van der Waals surface area (Å²) >= 11 is 0. The SMILES string of the molecule is CCNC(=O)c1cn2c(C3=CCN(C(N)=O)CC3)nc(-c3cccc(N)c3)cc2n1. The zero-order chi connectivity index (χ0) is 21.3. The summed E-state index contributed by atoms with van der Waals surface area (Å²) in [6.07, 6.45) is 4.22. The summed E-state index contributed by atoms with van der Waals surface area (Å²) in [6, 6.07) is 8.84. The highest BCUT2D eigenvalue weighted by Gasteiger charge is 2.21. The number of nitrogens with two attached hydrogens (primary N) is 2. The number of hydrogen-bond donors (Lipinski definition) is 3. The minimum atomic E-state index is -0.446. The van der Waals surface area contributed by atoms with Gasteiger partial charge in [0.1, 0.15) is 17.2 Å². The number of carbonyl (C=O) groups is 2. The molecule has 0 saturated carbocycles. The van der Waals surface area contributed by atoms with Gasteiger partial charge in [0.15, 0.2) is 0 Å². The van der Waals surface area contributed by atoms with E-state index < -0.39 is 6.03 Å². The van der Waals surface area contributed by atoms with E-state index in [2.05, 4.69) is 10.3 Å². The lowest BCUT2D eigenvalue weighted by molar-refractivity contribution is 0.0951. The number of carbonyl (C=O) groups excluding carboxylic acids is 2. The first kappa shape index (κ1) is 19.4. The van der Waals surface area contributed by atoms with E-state index >= 15 is 0 Å². The van der Waals surface area contributed by atoms with Crippen molar-refractivity contribution in [1.82, 2.24) is 24.6 Å². The number of primary amides is 1. The molecule has 154 valence electrons. The molecule has 0 fully saturated rings. The number of benzene rings is 1. The van der Waals surface area contributed by atoms with Gasteiger partial charge in [0, 0.05) is 43.1 Å². The van der Waals surface area contributed by atoms with Crippen LogP contribution in [0.25, 0.3) is 22.5 Å². The van der Waals surface area contributed by atoms with Crippen LogP contribution < -0.4 is 16.8 Å². The summed E-state index contributed by atoms with van der Waals surface area (Å²) in [5, 5.41) is 2.77. The molecule has 0 bridgehead atoms. The average Bonchev–Trinajstić information content (AvgIpc) is 3.18. The summed E-state index contributed by atoms with van der Waals surface area (Å²) in [4.78, 5) is 34.7. The second-order valence-electron chi connectivity index (χ2n) is 7.07. The van der Waals surface area contributed by atoms with E-state index in [1.54, 1.807) is 11.1 Å². The molecule has 1 aliphatic heterocycles. The highest BCUT2D eigenvalue weighted by atomic mass is 16.2. The molecule has 0 spiro atoms. The average molecular weight is 405 g/mol. The Bertz CT molecular complexity index is 1170. The van der Waals surface area contributed by atoms with Crippen LogP contribution in [0.4, 0.5) is 10.5 Å². The second-order valence-corrected chi connectivity index (χ2v) is 7.07. The third kappa shape index (κ3) is 3.69. The van der Waals surface area contributed by atoms with Crippen LogP contribution in [0.1, 0.15) is 29.7 Å². The van der Waals surface area contributed by atoms with Crippen LogP contribution in [-0.4, -0.2) is 50.8 Å². The van der Waals surface area contributed by atoms with Gasteiger partial charge in [-0.1, -0.05) is 18.2 Å². The van der Waals surface area contributed by atoms with Gasteiger partial charge in [-0.05, 0) is 31.1 Å². The highest BCUT2D eigenvalue weighted by Crippen LogP contribution is 2.27. The Balaban J connectivity index is 1.85. The Morgan fingerprint density at radius 3 is 2.73 bits per heavy atom. The molecule has 30 heavy (non-hydrogen) atoms. The summed E-state index contributed by atoms with van der Waals surface area (Å²) in [5.74, 6) is 0.437. The first-order valence-corrected chi connectivity index (χ1v) is 9.74. The number of hydrogen-bond acceptors (Lipinski definition) is 5. The number of nitrogens with one attached hydrogen (secondary N) is 1. The number of nitrogen functional groups attached to an aromatic ring is 1. The third-order valence-corrected chi connectivity index (χ3v) is 5.01. The number of rotatable bonds is 4. The number of imidazole rings is 1. The third-order valence-electron chi connectivity index (χ3n) is 5.01. The summed E-state index contributed by atoms with van der Waals surface area (Å²) in [6.45, 7) is 3.29. The lowest BCUT2D eigenvalue weighted by atomic mass is 10.1. The van der Waals surface area contributed by atoms with Crippen LogP contribution in [0.15, 0.2) is 42.6 Å². The van der Waals surface area contributed by atoms with Gasteiger partial charge in [0.05, 0.1) is 5.69 Å². The molecule has 1 aromatic carbocycles. The molecule has 5 N–H and O–H groups in total. The molecule has 0 unspecified atom stereocenters. The maximum atomic E-state index is 12.3. The van der Waals surface area contributed by atoms with Crippen LogP contribution in [0.3, 0.4) is 0 Å². The van der Waals surface area contributed by atoms with Gasteiger partial charge >= 0.3 is 6.03 Å². The van der Waals surface area contributed by atoms with Crippen molar-refractivity contribution in [3.05, 3.63) is 54.1 Å². The predicted molar refractivity (Wildman–Crippen MR) is 115 cm³/mol. The van der Waals surface area contributed by atoms with Crippen LogP contribution in [-0.2, 0) is 0 Å². The van der Waals surface area contributed by atoms with E-state index in [1.165, 1.54) is 0 Å². The van der Waals surface area contributed by atoms with Crippen molar-refractivity contribution in [2.75, 3.05) is 25.4 Å². The smallest absolute Gasteiger partial charge is 0.315 e. The molecular weight excluding hydrogens is 382 g/mol. The van der Waals surface area contributed by atoms with Gasteiger partial charge in [-0.15, -0.1) is 0 Å². The van der Waals surface area contributed by atoms with Gasteiger partial charge in [0.25, 0.3) is 5.91 Å². The fraction of sp³-hybridized carbons (Fsp3) is 0.238. The topological polar surface area (TPSA) is 132 Å². The summed E-state index contributed by atoms with van der Waals surface area (Å²) in [5.41, 5.74) is 15.4. The van der Waals surface area contributed by atoms with Crippen molar-refractivity contribution >= 4 is 28.8 Å². The molecule has 9 nitrogen and oxygen atoms in total. The van der Waals surface area contributed by atoms with Crippen molar-refractivity contribution in [3.8, 4) is 11.3 Å². The fourth-order valence-corrected chi connectivity index (χ4v) is 3.49. The van der Waals surface area contributed by atoms with E-state index in [4.69, 9.17) is 16.5 Å². The van der Waals surface area contributed by atoms with Gasteiger partial charge in [-0.25, -0.2) is 14.8 Å². The quantitative estimate of drug-likeness (QED) is 0.571. The van der Waals surface area contributed by atoms with Crippen LogP contribution in [0.5, 0.6) is 0 Å². The predicted octanol–water partition coefficient (Wildman–Crippen LogP) is 1.90. The minimum Gasteiger partial charge on any atom is -0.399 e. The van der Waals surface area contributed by atoms with Crippen molar-refractivity contribution < 1.29 is 9.59 Å². The number of amides is 3. The van der Waals surface area contributed by atoms with E-state index in [9.17, 15) is 9.59 Å². The van der Waals surface area contributed by atoms with Crippen molar-refractivity contribution in [3.63, 3.8) is 0 Å². The molecule has 3 heterocycles. The molecule has 0 saturated heterocycles. The Labute approximate surface area is 173 Å². The number of aromatic nitrogens is 3. The number of anilines is 1. The van der Waals surface area contributed by atoms with Gasteiger partial charge in [-0.3, -0.25) is 9.20 Å². The van der Waals surface area contributed by atoms with Gasteiger partial charge < -0.3 is 21.7 Å². The summed E-state index contributed by atoms with van der Waals surface area (Å²) < 4.78 is 1.81. The monoisotopic (exact) mass is 405 g/mol. The van der Waals surface area contributed by atoms with Crippen molar-refractivity contribution in [1.29, 1.82) is 0 Å². The first-order chi connectivity index (χ1) is 14.5. The van der Waals surface area contributed by atoms with E-state index in [0.717, 1.165) is 11.1 Å². The molecular formula is C21H23N7O2. The normalized spacial score (nSPS) is 13.9. The van der Waals surface area contributed by atoms with Crippen molar-refractivity contribution in [2.24, 2.45) is 5.73 Å². The zero-order valence-electron chi connectivity index (χ0n) is 16.6. The molecule has 0 radical (unpaired) electrons. The van der Waals surface area contributed by atoms with Crippen LogP contribution >= 0.6 is 0 Å². The summed E-state index contributed by atoms with van der Waals surface area (Å²) in [7, 11) is 0. The molecule has 4 rings (SSSR count). The Morgan fingerprint density at radius 1 is 1.23 bits per heavy atom. The molecule has 3 aromatic rings. The first-order valence-electron chi connectivity index (χ1n) is 9.74. The maximum absolute atomic E-state index is 12.3.